The topological polar surface area (TPSA) is 110 Å². The van der Waals surface area contributed by atoms with Gasteiger partial charge in [0.15, 0.2) is 5.58 Å². The molecule has 1 fully saturated rings. The van der Waals surface area contributed by atoms with Gasteiger partial charge in [-0.05, 0) is 98.4 Å². The first-order valence-corrected chi connectivity index (χ1v) is 15.2. The Balaban J connectivity index is 1.85. The molecule has 38 heavy (non-hydrogen) atoms. The Morgan fingerprint density at radius 2 is 1.87 bits per heavy atom. The second-order valence-electron chi connectivity index (χ2n) is 9.84. The molecule has 0 atom stereocenters. The third-order valence-electron chi connectivity index (χ3n) is 7.04. The predicted molar refractivity (Wildman–Crippen MR) is 155 cm³/mol. The van der Waals surface area contributed by atoms with Gasteiger partial charge >= 0.3 is 5.63 Å². The fraction of sp³-hybridized carbons (Fsp3) is 0.333. The summed E-state index contributed by atoms with van der Waals surface area (Å²) in [6.45, 7) is 5.17. The number of sulfonamides is 1. The molecule has 2 aliphatic rings. The van der Waals surface area contributed by atoms with E-state index in [1.165, 1.54) is 6.07 Å². The van der Waals surface area contributed by atoms with Crippen molar-refractivity contribution >= 4 is 60.5 Å². The molecule has 2 aromatic heterocycles. The van der Waals surface area contributed by atoms with E-state index in [1.807, 2.05) is 42.5 Å². The van der Waals surface area contributed by atoms with Crippen LogP contribution in [0, 0.1) is 23.2 Å². The number of nitrogens with one attached hydrogen (secondary N) is 2. The fourth-order valence-corrected chi connectivity index (χ4v) is 6.15. The first-order valence-electron chi connectivity index (χ1n) is 12.2. The standard InChI is InChI=1S/C27H27FIN3O5S/c1-13-18(6-5-7-20(13)31-38(4,35)36)22-15(3)32(17-9-10-17)26(33)23-24(14(2)27(34)37-25(22)23)30-21-11-8-16(29)12-19(21)28/h7-8,11-12,17,30-31H,5-6,9-10H2,1-4H3. The number of nitrogens with zero attached hydrogens (tertiary/aromatic N) is 1. The van der Waals surface area contributed by atoms with Crippen molar-refractivity contribution in [2.75, 3.05) is 11.6 Å². The lowest BCUT2D eigenvalue weighted by molar-refractivity contribution is 0.550. The number of aromatic nitrogens is 1. The van der Waals surface area contributed by atoms with E-state index in [4.69, 9.17) is 4.42 Å². The molecule has 1 saturated carbocycles. The zero-order valence-corrected chi connectivity index (χ0v) is 24.3. The lowest BCUT2D eigenvalue weighted by atomic mass is 9.88. The molecule has 200 valence electrons. The highest BCUT2D eigenvalue weighted by Crippen LogP contribution is 2.42. The number of benzene rings is 1. The maximum Gasteiger partial charge on any atom is 0.341 e. The summed E-state index contributed by atoms with van der Waals surface area (Å²) in [6, 6.07) is 4.66. The van der Waals surface area contributed by atoms with Crippen molar-refractivity contribution in [1.82, 2.24) is 9.29 Å². The number of fused-ring (bicyclic) bond motifs is 1. The normalized spacial score (nSPS) is 16.1. The molecule has 8 nitrogen and oxygen atoms in total. The van der Waals surface area contributed by atoms with Crippen LogP contribution in [0.25, 0.3) is 16.5 Å². The maximum absolute atomic E-state index is 14.8. The second kappa shape index (κ2) is 9.67. The molecule has 0 spiro atoms. The average Bonchev–Trinajstić information content (AvgIpc) is 3.65. The van der Waals surface area contributed by atoms with Gasteiger partial charge < -0.3 is 14.3 Å². The number of pyridine rings is 1. The van der Waals surface area contributed by atoms with Crippen LogP contribution in [0.1, 0.15) is 55.5 Å². The zero-order valence-electron chi connectivity index (χ0n) is 21.4. The molecular formula is C27H27FIN3O5S. The molecule has 2 heterocycles. The van der Waals surface area contributed by atoms with Crippen molar-refractivity contribution in [2.45, 2.75) is 52.5 Å². The van der Waals surface area contributed by atoms with Crippen LogP contribution in [0.4, 0.5) is 15.8 Å². The van der Waals surface area contributed by atoms with Crippen LogP contribution in [0.3, 0.4) is 0 Å². The lowest BCUT2D eigenvalue weighted by Gasteiger charge is -2.24. The summed E-state index contributed by atoms with van der Waals surface area (Å²) in [4.78, 5) is 27.0. The van der Waals surface area contributed by atoms with Crippen LogP contribution in [0.15, 0.2) is 49.6 Å². The Hall–Kier alpha value is -2.93. The largest absolute Gasteiger partial charge is 0.421 e. The molecule has 0 aliphatic heterocycles. The maximum atomic E-state index is 14.8. The van der Waals surface area contributed by atoms with Gasteiger partial charge in [0, 0.05) is 26.6 Å². The van der Waals surface area contributed by atoms with Crippen molar-refractivity contribution < 1.29 is 17.2 Å². The van der Waals surface area contributed by atoms with Crippen molar-refractivity contribution in [2.24, 2.45) is 0 Å². The first kappa shape index (κ1) is 26.7. The summed E-state index contributed by atoms with van der Waals surface area (Å²) >= 11 is 2.01. The number of hydrogen-bond acceptors (Lipinski definition) is 6. The fourth-order valence-electron chi connectivity index (χ4n) is 5.07. The summed E-state index contributed by atoms with van der Waals surface area (Å²) < 4.78 is 49.6. The van der Waals surface area contributed by atoms with E-state index < -0.39 is 21.5 Å². The summed E-state index contributed by atoms with van der Waals surface area (Å²) in [5.41, 5.74) is 2.83. The Bertz CT molecular complexity index is 1800. The number of halogens is 2. The van der Waals surface area contributed by atoms with Gasteiger partial charge in [0.05, 0.1) is 23.2 Å². The molecule has 0 radical (unpaired) electrons. The minimum atomic E-state index is -3.52. The van der Waals surface area contributed by atoms with Gasteiger partial charge in [-0.15, -0.1) is 0 Å². The van der Waals surface area contributed by atoms with Crippen LogP contribution in [0.5, 0.6) is 0 Å². The molecule has 0 unspecified atom stereocenters. The average molecular weight is 651 g/mol. The Morgan fingerprint density at radius 3 is 2.50 bits per heavy atom. The Kier molecular flexibility index (Phi) is 6.79. The second-order valence-corrected chi connectivity index (χ2v) is 12.8. The van der Waals surface area contributed by atoms with Crippen LogP contribution in [0.2, 0.25) is 0 Å². The van der Waals surface area contributed by atoms with Gasteiger partial charge in [-0.1, -0.05) is 6.08 Å². The molecule has 0 bridgehead atoms. The highest BCUT2D eigenvalue weighted by Gasteiger charge is 2.32. The number of rotatable bonds is 6. The predicted octanol–water partition coefficient (Wildman–Crippen LogP) is 5.39. The summed E-state index contributed by atoms with van der Waals surface area (Å²) in [5.74, 6) is -0.514. The van der Waals surface area contributed by atoms with E-state index in [1.54, 1.807) is 23.6 Å². The number of anilines is 2. The number of hydrogen-bond donors (Lipinski definition) is 2. The zero-order chi connectivity index (χ0) is 27.5. The Morgan fingerprint density at radius 1 is 1.16 bits per heavy atom. The highest BCUT2D eigenvalue weighted by molar-refractivity contribution is 14.1. The van der Waals surface area contributed by atoms with Crippen LogP contribution < -0.4 is 21.2 Å². The van der Waals surface area contributed by atoms with E-state index in [0.717, 1.165) is 24.7 Å². The van der Waals surface area contributed by atoms with Gasteiger partial charge in [0.1, 0.15) is 11.2 Å². The van der Waals surface area contributed by atoms with Crippen LogP contribution in [-0.4, -0.2) is 19.2 Å². The monoisotopic (exact) mass is 651 g/mol. The van der Waals surface area contributed by atoms with E-state index >= 15 is 0 Å². The van der Waals surface area contributed by atoms with Gasteiger partial charge in [-0.25, -0.2) is 17.6 Å². The van der Waals surface area contributed by atoms with Gasteiger partial charge in [0.2, 0.25) is 10.0 Å². The van der Waals surface area contributed by atoms with Crippen LogP contribution >= 0.6 is 22.6 Å². The molecule has 0 amide bonds. The molecule has 11 heteroatoms. The van der Waals surface area contributed by atoms with Crippen LogP contribution in [-0.2, 0) is 10.0 Å². The van der Waals surface area contributed by atoms with Crippen molar-refractivity contribution in [3.63, 3.8) is 0 Å². The smallest absolute Gasteiger partial charge is 0.341 e. The van der Waals surface area contributed by atoms with E-state index in [9.17, 15) is 22.4 Å². The van der Waals surface area contributed by atoms with E-state index in [2.05, 4.69) is 10.0 Å². The molecule has 2 aliphatic carbocycles. The molecule has 5 rings (SSSR count). The van der Waals surface area contributed by atoms with Crippen molar-refractivity contribution in [3.05, 3.63) is 82.5 Å². The Labute approximate surface area is 232 Å². The summed E-state index contributed by atoms with van der Waals surface area (Å²) in [7, 11) is -3.52. The quantitative estimate of drug-likeness (QED) is 0.346. The molecule has 2 N–H and O–H groups in total. The highest BCUT2D eigenvalue weighted by atomic mass is 127. The minimum Gasteiger partial charge on any atom is -0.421 e. The number of allylic oxidation sites excluding steroid dienone is 3. The molecule has 3 aromatic rings. The molecular weight excluding hydrogens is 624 g/mol. The minimum absolute atomic E-state index is 0.00873. The first-order chi connectivity index (χ1) is 17.9. The van der Waals surface area contributed by atoms with Gasteiger partial charge in [0.25, 0.3) is 5.56 Å². The molecule has 1 aromatic carbocycles. The third kappa shape index (κ3) is 4.81. The van der Waals surface area contributed by atoms with Gasteiger partial charge in [-0.2, -0.15) is 0 Å². The SMILES string of the molecule is CC1=C(c2c(C)n(C3CC3)c(=O)c3c(Nc4ccc(I)cc4F)c(C)c(=O)oc23)CCC=C1NS(C)(=O)=O. The van der Waals surface area contributed by atoms with Crippen molar-refractivity contribution in [3.8, 4) is 0 Å². The van der Waals surface area contributed by atoms with E-state index in [0.29, 0.717) is 38.9 Å². The van der Waals surface area contributed by atoms with Gasteiger partial charge in [-0.3, -0.25) is 9.52 Å². The van der Waals surface area contributed by atoms with Crippen molar-refractivity contribution in [1.29, 1.82) is 0 Å². The summed E-state index contributed by atoms with van der Waals surface area (Å²) in [5, 5.41) is 3.18. The summed E-state index contributed by atoms with van der Waals surface area (Å²) in [6.07, 6.45) is 5.71. The lowest BCUT2D eigenvalue weighted by Crippen LogP contribution is -2.27. The molecule has 0 saturated heterocycles. The third-order valence-corrected chi connectivity index (χ3v) is 8.30. The van der Waals surface area contributed by atoms with E-state index in [-0.39, 0.29) is 39.5 Å².